The summed E-state index contributed by atoms with van der Waals surface area (Å²) in [7, 11) is 3.15. The Bertz CT molecular complexity index is 827. The third-order valence-electron chi connectivity index (χ3n) is 3.80. The lowest BCUT2D eigenvalue weighted by Crippen LogP contribution is -2.33. The average molecular weight is 380 g/mol. The fraction of sp³-hybridized carbons (Fsp3) is 0.182. The number of hydrogen-bond donors (Lipinski definition) is 1. The van der Waals surface area contributed by atoms with Gasteiger partial charge in [-0.15, -0.1) is 0 Å². The first-order chi connectivity index (χ1) is 13.5. The van der Waals surface area contributed by atoms with E-state index < -0.39 is 0 Å². The number of carbonyl (C=O) groups excluding carboxylic acids is 2. The zero-order chi connectivity index (χ0) is 20.4. The Hall–Kier alpha value is -3.54. The van der Waals surface area contributed by atoms with Crippen LogP contribution in [0.25, 0.3) is 6.08 Å². The van der Waals surface area contributed by atoms with Crippen molar-refractivity contribution in [2.45, 2.75) is 0 Å². The van der Waals surface area contributed by atoms with Gasteiger partial charge in [-0.3, -0.25) is 9.59 Å². The van der Waals surface area contributed by atoms with Gasteiger partial charge in [-0.25, -0.2) is 0 Å². The lowest BCUT2D eigenvalue weighted by Gasteiger charge is -2.15. The minimum Gasteiger partial charge on any atom is -0.497 e. The van der Waals surface area contributed by atoms with Crippen molar-refractivity contribution in [2.75, 3.05) is 32.6 Å². The number of rotatable bonds is 9. The number of methoxy groups -OCH3 is 1. The molecule has 0 aliphatic heterocycles. The van der Waals surface area contributed by atoms with Crippen LogP contribution in [0.3, 0.4) is 0 Å². The van der Waals surface area contributed by atoms with Crippen LogP contribution in [-0.2, 0) is 9.59 Å². The molecule has 28 heavy (non-hydrogen) atoms. The second-order valence-electron chi connectivity index (χ2n) is 5.97. The Labute approximate surface area is 165 Å². The van der Waals surface area contributed by atoms with E-state index in [-0.39, 0.29) is 18.4 Å². The molecule has 2 amide bonds. The second-order valence-corrected chi connectivity index (χ2v) is 5.97. The van der Waals surface area contributed by atoms with E-state index in [0.717, 1.165) is 11.3 Å². The number of amides is 2. The standard InChI is InChI=1S/C22H24N2O4/c1-4-15-28-20-10-5-17(6-11-20)7-14-22(26)24(2)16-21(25)23-18-8-12-19(27-3)13-9-18/h4-14H,1,15-16H2,2-3H3,(H,23,25)/b14-7+. The van der Waals surface area contributed by atoms with Gasteiger partial charge in [-0.2, -0.15) is 0 Å². The molecule has 0 unspecified atom stereocenters. The van der Waals surface area contributed by atoms with Gasteiger partial charge in [0.15, 0.2) is 0 Å². The molecule has 0 radical (unpaired) electrons. The highest BCUT2D eigenvalue weighted by Gasteiger charge is 2.10. The van der Waals surface area contributed by atoms with E-state index in [1.807, 2.05) is 24.3 Å². The molecule has 2 aromatic carbocycles. The van der Waals surface area contributed by atoms with Crippen molar-refractivity contribution in [3.8, 4) is 11.5 Å². The van der Waals surface area contributed by atoms with Crippen molar-refractivity contribution < 1.29 is 19.1 Å². The van der Waals surface area contributed by atoms with Crippen molar-refractivity contribution in [1.82, 2.24) is 4.90 Å². The molecular formula is C22H24N2O4. The maximum Gasteiger partial charge on any atom is 0.246 e. The Morgan fingerprint density at radius 3 is 2.32 bits per heavy atom. The number of ether oxygens (including phenoxy) is 2. The minimum atomic E-state index is -0.280. The summed E-state index contributed by atoms with van der Waals surface area (Å²) in [5.41, 5.74) is 1.50. The summed E-state index contributed by atoms with van der Waals surface area (Å²) in [6.45, 7) is 3.99. The molecule has 0 atom stereocenters. The summed E-state index contributed by atoms with van der Waals surface area (Å²) < 4.78 is 10.5. The van der Waals surface area contributed by atoms with Crippen LogP contribution in [0.15, 0.2) is 67.3 Å². The van der Waals surface area contributed by atoms with E-state index in [2.05, 4.69) is 11.9 Å². The van der Waals surface area contributed by atoms with Gasteiger partial charge in [0.1, 0.15) is 18.1 Å². The van der Waals surface area contributed by atoms with E-state index in [0.29, 0.717) is 18.0 Å². The van der Waals surface area contributed by atoms with Gasteiger partial charge in [0.2, 0.25) is 11.8 Å². The van der Waals surface area contributed by atoms with Gasteiger partial charge in [0, 0.05) is 18.8 Å². The third kappa shape index (κ3) is 6.64. The van der Waals surface area contributed by atoms with Gasteiger partial charge in [-0.1, -0.05) is 24.8 Å². The lowest BCUT2D eigenvalue weighted by atomic mass is 10.2. The first kappa shape index (κ1) is 20.8. The molecule has 6 heteroatoms. The van der Waals surface area contributed by atoms with Crippen LogP contribution in [0.1, 0.15) is 5.56 Å². The molecule has 146 valence electrons. The number of nitrogens with zero attached hydrogens (tertiary/aromatic N) is 1. The van der Waals surface area contributed by atoms with Crippen LogP contribution < -0.4 is 14.8 Å². The highest BCUT2D eigenvalue weighted by molar-refractivity contribution is 5.97. The molecular weight excluding hydrogens is 356 g/mol. The zero-order valence-electron chi connectivity index (χ0n) is 16.1. The molecule has 0 aromatic heterocycles. The summed E-state index contributed by atoms with van der Waals surface area (Å²) in [6, 6.07) is 14.3. The number of likely N-dealkylation sites (N-methyl/N-ethyl adjacent to an activating group) is 1. The highest BCUT2D eigenvalue weighted by atomic mass is 16.5. The van der Waals surface area contributed by atoms with Crippen LogP contribution in [0, 0.1) is 0 Å². The second kappa shape index (κ2) is 10.6. The summed E-state index contributed by atoms with van der Waals surface area (Å²) in [4.78, 5) is 25.6. The molecule has 0 saturated carbocycles. The van der Waals surface area contributed by atoms with Crippen molar-refractivity contribution in [1.29, 1.82) is 0 Å². The molecule has 0 aliphatic carbocycles. The van der Waals surface area contributed by atoms with Crippen LogP contribution in [0.2, 0.25) is 0 Å². The Balaban J connectivity index is 1.84. The maximum absolute atomic E-state index is 12.2. The third-order valence-corrected chi connectivity index (χ3v) is 3.80. The molecule has 0 bridgehead atoms. The number of benzene rings is 2. The Kier molecular flexibility index (Phi) is 7.84. The van der Waals surface area contributed by atoms with Crippen molar-refractivity contribution in [2.24, 2.45) is 0 Å². The van der Waals surface area contributed by atoms with E-state index in [9.17, 15) is 9.59 Å². The van der Waals surface area contributed by atoms with E-state index in [4.69, 9.17) is 9.47 Å². The number of carbonyl (C=O) groups is 2. The summed E-state index contributed by atoms with van der Waals surface area (Å²) in [5.74, 6) is 0.890. The van der Waals surface area contributed by atoms with Gasteiger partial charge >= 0.3 is 0 Å². The maximum atomic E-state index is 12.2. The van der Waals surface area contributed by atoms with Crippen molar-refractivity contribution >= 4 is 23.6 Å². The van der Waals surface area contributed by atoms with Gasteiger partial charge in [0.25, 0.3) is 0 Å². The molecule has 1 N–H and O–H groups in total. The quantitative estimate of drug-likeness (QED) is 0.535. The topological polar surface area (TPSA) is 67.9 Å². The smallest absolute Gasteiger partial charge is 0.246 e. The molecule has 0 spiro atoms. The Morgan fingerprint density at radius 1 is 1.07 bits per heavy atom. The number of hydrogen-bond acceptors (Lipinski definition) is 4. The van der Waals surface area contributed by atoms with Crippen molar-refractivity contribution in [3.63, 3.8) is 0 Å². The predicted molar refractivity (Wildman–Crippen MR) is 110 cm³/mol. The molecule has 0 saturated heterocycles. The van der Waals surface area contributed by atoms with E-state index >= 15 is 0 Å². The van der Waals surface area contributed by atoms with E-state index in [1.165, 1.54) is 11.0 Å². The Morgan fingerprint density at radius 2 is 1.71 bits per heavy atom. The molecule has 2 rings (SSSR count). The average Bonchev–Trinajstić information content (AvgIpc) is 2.71. The monoisotopic (exact) mass is 380 g/mol. The van der Waals surface area contributed by atoms with Crippen molar-refractivity contribution in [3.05, 3.63) is 72.8 Å². The summed E-state index contributed by atoms with van der Waals surface area (Å²) in [5, 5.41) is 2.74. The van der Waals surface area contributed by atoms with Crippen LogP contribution in [-0.4, -0.2) is 44.0 Å². The SMILES string of the molecule is C=CCOc1ccc(/C=C/C(=O)N(C)CC(=O)Nc2ccc(OC)cc2)cc1. The molecule has 0 heterocycles. The fourth-order valence-electron chi connectivity index (χ4n) is 2.29. The first-order valence-corrected chi connectivity index (χ1v) is 8.72. The first-order valence-electron chi connectivity index (χ1n) is 8.72. The van der Waals surface area contributed by atoms with Crippen LogP contribution in [0.5, 0.6) is 11.5 Å². The fourth-order valence-corrected chi connectivity index (χ4v) is 2.29. The molecule has 2 aromatic rings. The van der Waals surface area contributed by atoms with Gasteiger partial charge in [0.05, 0.1) is 13.7 Å². The normalized spacial score (nSPS) is 10.4. The zero-order valence-corrected chi connectivity index (χ0v) is 16.1. The lowest BCUT2D eigenvalue weighted by molar-refractivity contribution is -0.129. The largest absolute Gasteiger partial charge is 0.497 e. The van der Waals surface area contributed by atoms with Crippen LogP contribution in [0.4, 0.5) is 5.69 Å². The summed E-state index contributed by atoms with van der Waals surface area (Å²) in [6.07, 6.45) is 4.80. The highest BCUT2D eigenvalue weighted by Crippen LogP contribution is 2.15. The molecule has 0 fully saturated rings. The van der Waals surface area contributed by atoms with Gasteiger partial charge in [-0.05, 0) is 48.0 Å². The predicted octanol–water partition coefficient (Wildman–Crippen LogP) is 3.37. The summed E-state index contributed by atoms with van der Waals surface area (Å²) >= 11 is 0. The van der Waals surface area contributed by atoms with Gasteiger partial charge < -0.3 is 19.7 Å². The number of anilines is 1. The molecule has 6 nitrogen and oxygen atoms in total. The van der Waals surface area contributed by atoms with E-state index in [1.54, 1.807) is 50.6 Å². The number of nitrogens with one attached hydrogen (secondary N) is 1. The molecule has 0 aliphatic rings. The van der Waals surface area contributed by atoms with Crippen LogP contribution >= 0.6 is 0 Å². The minimum absolute atomic E-state index is 0.0520.